The Hall–Kier alpha value is 0.870. The Morgan fingerprint density at radius 2 is 1.89 bits per heavy atom. The maximum absolute atomic E-state index is 8.85. The molecule has 1 N–H and O–H groups in total. The molecule has 1 nitrogen and oxygen atoms in total. The Kier molecular flexibility index (Phi) is 4.28. The van der Waals surface area contributed by atoms with Crippen LogP contribution in [0, 0.1) is 0 Å². The van der Waals surface area contributed by atoms with Crippen LogP contribution in [0.5, 0.6) is 0 Å². The van der Waals surface area contributed by atoms with Crippen molar-refractivity contribution in [3.05, 3.63) is 0 Å². The Balaban J connectivity index is 3.28. The Labute approximate surface area is 66.3 Å². The SMILES string of the molecule is C[PH](C)(C)CCC(O)Br. The van der Waals surface area contributed by atoms with Crippen molar-refractivity contribution in [2.24, 2.45) is 0 Å². The molecule has 0 aromatic carbocycles. The molecular weight excluding hydrogens is 199 g/mol. The summed E-state index contributed by atoms with van der Waals surface area (Å²) in [6.45, 7) is 6.92. The second-order valence-corrected chi connectivity index (χ2v) is 10.2. The summed E-state index contributed by atoms with van der Waals surface area (Å²) in [7, 11) is -0.910. The molecule has 0 saturated carbocycles. The van der Waals surface area contributed by atoms with Crippen LogP contribution in [-0.2, 0) is 0 Å². The molecule has 0 radical (unpaired) electrons. The van der Waals surface area contributed by atoms with Gasteiger partial charge >= 0.3 is 65.9 Å². The summed E-state index contributed by atoms with van der Waals surface area (Å²) >= 11 is 3.10. The molecule has 3 heteroatoms. The molecule has 0 aromatic rings. The average molecular weight is 215 g/mol. The molecule has 0 amide bonds. The number of hydrogen-bond donors (Lipinski definition) is 1. The van der Waals surface area contributed by atoms with Crippen LogP contribution in [-0.4, -0.2) is 36.3 Å². The first kappa shape index (κ1) is 9.87. The third-order valence-corrected chi connectivity index (χ3v) is 3.38. The first-order chi connectivity index (χ1) is 3.92. The van der Waals surface area contributed by atoms with Crippen molar-refractivity contribution < 1.29 is 5.11 Å². The van der Waals surface area contributed by atoms with Gasteiger partial charge in [-0.3, -0.25) is 0 Å². The van der Waals surface area contributed by atoms with Crippen molar-refractivity contribution in [3.63, 3.8) is 0 Å². The molecule has 9 heavy (non-hydrogen) atoms. The Morgan fingerprint density at radius 1 is 1.44 bits per heavy atom. The van der Waals surface area contributed by atoms with Crippen molar-refractivity contribution in [2.75, 3.05) is 26.2 Å². The number of halogens is 1. The van der Waals surface area contributed by atoms with Crippen LogP contribution in [0.3, 0.4) is 0 Å². The molecule has 0 spiro atoms. The molecule has 0 fully saturated rings. The molecule has 0 aliphatic heterocycles. The zero-order valence-corrected chi connectivity index (χ0v) is 8.90. The van der Waals surface area contributed by atoms with Gasteiger partial charge in [0.25, 0.3) is 0 Å². The molecule has 0 saturated heterocycles. The van der Waals surface area contributed by atoms with Gasteiger partial charge in [-0.1, -0.05) is 0 Å². The minimum absolute atomic E-state index is 0.288. The zero-order valence-electron chi connectivity index (χ0n) is 6.32. The van der Waals surface area contributed by atoms with E-state index in [0.717, 1.165) is 6.42 Å². The minimum atomic E-state index is -0.910. The molecule has 0 aliphatic rings. The van der Waals surface area contributed by atoms with Gasteiger partial charge in [0.05, 0.1) is 0 Å². The topological polar surface area (TPSA) is 20.2 Å². The number of rotatable bonds is 3. The molecule has 1 atom stereocenters. The van der Waals surface area contributed by atoms with Crippen LogP contribution in [0.4, 0.5) is 0 Å². The third-order valence-electron chi connectivity index (χ3n) is 1.13. The second-order valence-electron chi connectivity index (χ2n) is 3.53. The number of alkyl halides is 1. The van der Waals surface area contributed by atoms with Crippen LogP contribution >= 0.6 is 23.2 Å². The van der Waals surface area contributed by atoms with Crippen molar-refractivity contribution in [3.8, 4) is 0 Å². The van der Waals surface area contributed by atoms with E-state index in [0.29, 0.717) is 0 Å². The number of aliphatic hydroxyl groups is 1. The van der Waals surface area contributed by atoms with Crippen molar-refractivity contribution in [1.29, 1.82) is 0 Å². The quantitative estimate of drug-likeness (QED) is 0.561. The second kappa shape index (κ2) is 3.90. The van der Waals surface area contributed by atoms with E-state index in [1.807, 2.05) is 0 Å². The monoisotopic (exact) mass is 214 g/mol. The van der Waals surface area contributed by atoms with Gasteiger partial charge in [-0.25, -0.2) is 0 Å². The Morgan fingerprint density at radius 3 is 2.00 bits per heavy atom. The third kappa shape index (κ3) is 8.87. The average Bonchev–Trinajstić information content (AvgIpc) is 1.59. The van der Waals surface area contributed by atoms with E-state index in [1.165, 1.54) is 6.16 Å². The fourth-order valence-electron chi connectivity index (χ4n) is 0.552. The fourth-order valence-corrected chi connectivity index (χ4v) is 2.34. The predicted octanol–water partition coefficient (Wildman–Crippen LogP) is 1.73. The maximum atomic E-state index is 8.85. The summed E-state index contributed by atoms with van der Waals surface area (Å²) in [6.07, 6.45) is 2.09. The molecule has 1 unspecified atom stereocenters. The molecule has 0 aliphatic carbocycles. The van der Waals surface area contributed by atoms with Gasteiger partial charge in [-0.2, -0.15) is 0 Å². The zero-order chi connectivity index (χ0) is 7.49. The van der Waals surface area contributed by atoms with Crippen LogP contribution in [0.2, 0.25) is 0 Å². The van der Waals surface area contributed by atoms with Crippen LogP contribution in [0.1, 0.15) is 6.42 Å². The summed E-state index contributed by atoms with van der Waals surface area (Å²) in [6, 6.07) is 0. The van der Waals surface area contributed by atoms with Crippen molar-refractivity contribution in [1.82, 2.24) is 0 Å². The summed E-state index contributed by atoms with van der Waals surface area (Å²) in [4.78, 5) is 0. The van der Waals surface area contributed by atoms with Gasteiger partial charge in [-0.05, 0) is 0 Å². The summed E-state index contributed by atoms with van der Waals surface area (Å²) in [5.74, 6) is 0. The molecule has 58 valence electrons. The summed E-state index contributed by atoms with van der Waals surface area (Å²) < 4.78 is 0. The van der Waals surface area contributed by atoms with E-state index in [1.54, 1.807) is 0 Å². The first-order valence-electron chi connectivity index (χ1n) is 3.24. The standard InChI is InChI=1S/C6H16BrOP/c1-9(2,3)5-4-6(7)8/h6,8-9H,4-5H2,1-3H3. The molecule has 0 bridgehead atoms. The van der Waals surface area contributed by atoms with Gasteiger partial charge in [-0.15, -0.1) is 0 Å². The van der Waals surface area contributed by atoms with Gasteiger partial charge in [0.15, 0.2) is 0 Å². The summed E-state index contributed by atoms with van der Waals surface area (Å²) in [5, 5.41) is 8.57. The van der Waals surface area contributed by atoms with Crippen LogP contribution < -0.4 is 0 Å². The fraction of sp³-hybridized carbons (Fsp3) is 1.00. The first-order valence-corrected chi connectivity index (χ1v) is 7.86. The van der Waals surface area contributed by atoms with Gasteiger partial charge in [0.1, 0.15) is 0 Å². The van der Waals surface area contributed by atoms with Crippen LogP contribution in [0.25, 0.3) is 0 Å². The van der Waals surface area contributed by atoms with E-state index in [9.17, 15) is 0 Å². The van der Waals surface area contributed by atoms with E-state index in [2.05, 4.69) is 35.9 Å². The van der Waals surface area contributed by atoms with Gasteiger partial charge < -0.3 is 0 Å². The summed E-state index contributed by atoms with van der Waals surface area (Å²) in [5.41, 5.74) is 0. The molecular formula is C6H16BrOP. The van der Waals surface area contributed by atoms with Crippen LogP contribution in [0.15, 0.2) is 0 Å². The van der Waals surface area contributed by atoms with Crippen molar-refractivity contribution >= 4 is 23.2 Å². The van der Waals surface area contributed by atoms with Gasteiger partial charge in [0.2, 0.25) is 0 Å². The number of aliphatic hydroxyl groups excluding tert-OH is 1. The van der Waals surface area contributed by atoms with Crippen molar-refractivity contribution in [2.45, 2.75) is 11.4 Å². The van der Waals surface area contributed by atoms with E-state index >= 15 is 0 Å². The number of hydrogen-bond acceptors (Lipinski definition) is 1. The van der Waals surface area contributed by atoms with E-state index < -0.39 is 7.26 Å². The Bertz CT molecular complexity index is 77.6. The molecule has 0 heterocycles. The van der Waals surface area contributed by atoms with Gasteiger partial charge in [0, 0.05) is 0 Å². The molecule has 0 rings (SSSR count). The predicted molar refractivity (Wildman–Crippen MR) is 50.5 cm³/mol. The normalized spacial score (nSPS) is 17.4. The molecule has 0 aromatic heterocycles. The van der Waals surface area contributed by atoms with E-state index in [4.69, 9.17) is 5.11 Å². The van der Waals surface area contributed by atoms with E-state index in [-0.39, 0.29) is 5.01 Å².